The van der Waals surface area contributed by atoms with E-state index in [1.165, 1.54) is 36.1 Å². The molecule has 17 heteroatoms. The molecule has 4 aromatic carbocycles. The van der Waals surface area contributed by atoms with Crippen molar-refractivity contribution in [2.24, 2.45) is 23.7 Å². The maximum Gasteiger partial charge on any atom is 0.303 e. The number of sulfonamides is 2. The fraction of sp³-hybridized carbons (Fsp3) is 0.400. The molecular weight excluding hydrogens is 899 g/mol. The van der Waals surface area contributed by atoms with Crippen LogP contribution in [0.5, 0.6) is 0 Å². The number of nitrogens with one attached hydrogen (secondary N) is 5. The number of halogens is 2. The topological polar surface area (TPSA) is 194 Å². The molecule has 0 bridgehead atoms. The van der Waals surface area contributed by atoms with Gasteiger partial charge in [0, 0.05) is 74.9 Å². The van der Waals surface area contributed by atoms with Crippen molar-refractivity contribution in [1.82, 2.24) is 20.2 Å². The summed E-state index contributed by atoms with van der Waals surface area (Å²) in [6.45, 7) is 11.9. The van der Waals surface area contributed by atoms with E-state index in [0.717, 1.165) is 82.3 Å². The van der Waals surface area contributed by atoms with Gasteiger partial charge in [0.15, 0.2) is 0 Å². The summed E-state index contributed by atoms with van der Waals surface area (Å²) >= 11 is 0. The van der Waals surface area contributed by atoms with E-state index in [2.05, 4.69) is 44.6 Å². The highest BCUT2D eigenvalue weighted by Crippen LogP contribution is 2.64. The van der Waals surface area contributed by atoms with Crippen LogP contribution in [0.1, 0.15) is 60.3 Å². The second-order valence-corrected chi connectivity index (χ2v) is 22.6. The lowest BCUT2D eigenvalue weighted by molar-refractivity contribution is -0.137. The van der Waals surface area contributed by atoms with Crippen molar-refractivity contribution in [3.8, 4) is 0 Å². The molecule has 13 nitrogen and oxygen atoms in total. The fourth-order valence-electron chi connectivity index (χ4n) is 10.8. The highest BCUT2D eigenvalue weighted by molar-refractivity contribution is 7.92. The molecule has 67 heavy (non-hydrogen) atoms. The zero-order valence-electron chi connectivity index (χ0n) is 38.5. The number of piperidine rings is 2. The van der Waals surface area contributed by atoms with Gasteiger partial charge in [-0.25, -0.2) is 25.6 Å². The highest BCUT2D eigenvalue weighted by atomic mass is 32.2. The second-order valence-electron chi connectivity index (χ2n) is 19.1. The minimum Gasteiger partial charge on any atom is -0.481 e. The summed E-state index contributed by atoms with van der Waals surface area (Å²) in [5.74, 6) is 0.937. The summed E-state index contributed by atoms with van der Waals surface area (Å²) in [5.41, 5.74) is 9.28. The number of carboxylic acids is 1. The largest absolute Gasteiger partial charge is 0.481 e. The minimum absolute atomic E-state index is 0.0379. The number of rotatable bonds is 12. The van der Waals surface area contributed by atoms with Gasteiger partial charge in [-0.15, -0.1) is 0 Å². The first-order valence-corrected chi connectivity index (χ1v) is 26.2. The van der Waals surface area contributed by atoms with Crippen molar-refractivity contribution < 1.29 is 40.3 Å². The van der Waals surface area contributed by atoms with E-state index in [-0.39, 0.29) is 34.8 Å². The first-order chi connectivity index (χ1) is 31.5. The molecule has 4 fully saturated rings. The first-order valence-electron chi connectivity index (χ1n) is 22.5. The lowest BCUT2D eigenvalue weighted by Gasteiger charge is -2.25. The molecule has 2 aliphatic carbocycles. The molecule has 2 saturated carbocycles. The molecule has 0 radical (unpaired) electrons. The third kappa shape index (κ3) is 10.1. The van der Waals surface area contributed by atoms with Crippen LogP contribution in [-0.4, -0.2) is 87.4 Å². The minimum atomic E-state index is -3.32. The Morgan fingerprint density at radius 2 is 1.10 bits per heavy atom. The molecule has 4 heterocycles. The van der Waals surface area contributed by atoms with Gasteiger partial charge >= 0.3 is 5.97 Å². The maximum absolute atomic E-state index is 13.6. The molecule has 2 saturated heterocycles. The number of fused-ring (bicyclic) bond motifs is 4. The van der Waals surface area contributed by atoms with E-state index in [1.807, 2.05) is 49.1 Å². The number of nitrogens with zero attached hydrogens (tertiary/aromatic N) is 1. The van der Waals surface area contributed by atoms with Gasteiger partial charge in [0.05, 0.1) is 18.9 Å². The van der Waals surface area contributed by atoms with Crippen LogP contribution in [0.4, 0.5) is 20.2 Å². The zero-order valence-corrected chi connectivity index (χ0v) is 40.1. The van der Waals surface area contributed by atoms with Gasteiger partial charge in [-0.3, -0.25) is 19.0 Å². The Kier molecular flexibility index (Phi) is 12.8. The number of aryl methyl sites for hydroxylation is 4. The molecule has 1 amide bonds. The second kappa shape index (κ2) is 18.0. The SMILES string of the molecule is CC1(c2cccc(NS(C)(=O)=O)c2)C2CNCC21.Cc1c(CCC(=O)N2CC3C(C2)C3(C)c2cccc(NS(C)(=O)=O)c2)[nH]c2ccc(F)cc12.Cc1c(CCC(=O)O)[nH]c2ccc(F)cc12. The van der Waals surface area contributed by atoms with Gasteiger partial charge < -0.3 is 25.3 Å². The number of H-pyrrole nitrogens is 2. The Morgan fingerprint density at radius 3 is 1.54 bits per heavy atom. The summed E-state index contributed by atoms with van der Waals surface area (Å²) in [6, 6.07) is 24.6. The van der Waals surface area contributed by atoms with Crippen LogP contribution >= 0.6 is 0 Å². The number of aliphatic carboxylic acids is 1. The summed E-state index contributed by atoms with van der Waals surface area (Å²) in [5, 5.41) is 13.7. The molecule has 10 rings (SSSR count). The number of likely N-dealkylation sites (tertiary alicyclic amines) is 1. The molecule has 6 aromatic rings. The van der Waals surface area contributed by atoms with Crippen molar-refractivity contribution in [3.05, 3.63) is 130 Å². The third-order valence-corrected chi connectivity index (χ3v) is 16.0. The normalized spacial score (nSPS) is 23.7. The van der Waals surface area contributed by atoms with Crippen LogP contribution in [-0.2, 0) is 53.3 Å². The summed E-state index contributed by atoms with van der Waals surface area (Å²) in [6.07, 6.45) is 3.86. The van der Waals surface area contributed by atoms with Gasteiger partial charge in [0.2, 0.25) is 26.0 Å². The number of aromatic amines is 2. The maximum atomic E-state index is 13.6. The number of carbonyl (C=O) groups is 2. The van der Waals surface area contributed by atoms with Crippen LogP contribution in [0.15, 0.2) is 84.9 Å². The predicted molar refractivity (Wildman–Crippen MR) is 258 cm³/mol. The lowest BCUT2D eigenvalue weighted by Crippen LogP contribution is -2.34. The standard InChI is InChI=1S/C25H28FN3O3S.C13H18N2O2S.C12H12FNO2/c1-15-19-12-17(26)7-8-23(19)27-22(15)9-10-24(30)29-13-20-21(14-29)25(20,2)16-5-4-6-18(11-16)28-33(3,31)32;1-13(11-7-14-8-12(11)13)9-4-3-5-10(6-9)15-18(2,16)17;1-7-9-6-8(13)2-3-11(9)14-10(7)4-5-12(15)16/h4-8,11-12,20-21,27-28H,9-10,13-14H2,1-3H3;3-6,11-12,14-15H,7-8H2,1-2H3;2-3,6,14H,4-5H2,1H3,(H,15,16). The number of anilines is 2. The molecule has 4 atom stereocenters. The molecule has 4 unspecified atom stereocenters. The molecular formula is C50H58F2N6O7S2. The molecule has 4 aliphatic rings. The van der Waals surface area contributed by atoms with E-state index < -0.39 is 26.0 Å². The Bertz CT molecular complexity index is 3090. The fourth-order valence-corrected chi connectivity index (χ4v) is 11.9. The lowest BCUT2D eigenvalue weighted by atomic mass is 9.92. The summed E-state index contributed by atoms with van der Waals surface area (Å²) < 4.78 is 77.3. The van der Waals surface area contributed by atoms with Crippen LogP contribution in [0.25, 0.3) is 21.8 Å². The molecule has 6 N–H and O–H groups in total. The monoisotopic (exact) mass is 956 g/mol. The van der Waals surface area contributed by atoms with E-state index in [0.29, 0.717) is 54.3 Å². The van der Waals surface area contributed by atoms with E-state index >= 15 is 0 Å². The van der Waals surface area contributed by atoms with Crippen molar-refractivity contribution in [1.29, 1.82) is 0 Å². The summed E-state index contributed by atoms with van der Waals surface area (Å²) in [4.78, 5) is 31.8. The zero-order chi connectivity index (χ0) is 48.2. The van der Waals surface area contributed by atoms with Gasteiger partial charge in [-0.2, -0.15) is 0 Å². The Balaban J connectivity index is 0.000000150. The predicted octanol–water partition coefficient (Wildman–Crippen LogP) is 7.76. The van der Waals surface area contributed by atoms with Crippen molar-refractivity contribution in [2.45, 2.75) is 64.2 Å². The molecule has 0 spiro atoms. The third-order valence-electron chi connectivity index (χ3n) is 14.8. The quantitative estimate of drug-likeness (QED) is 0.0717. The highest BCUT2D eigenvalue weighted by Gasteiger charge is 2.66. The Labute approximate surface area is 390 Å². The van der Waals surface area contributed by atoms with Gasteiger partial charge in [-0.05, 0) is 146 Å². The summed E-state index contributed by atoms with van der Waals surface area (Å²) in [7, 11) is -6.52. The van der Waals surface area contributed by atoms with Crippen LogP contribution < -0.4 is 14.8 Å². The Morgan fingerprint density at radius 1 is 0.672 bits per heavy atom. The average molecular weight is 957 g/mol. The van der Waals surface area contributed by atoms with E-state index in [9.17, 15) is 35.2 Å². The van der Waals surface area contributed by atoms with Crippen molar-refractivity contribution in [3.63, 3.8) is 0 Å². The Hall–Kier alpha value is -5.78. The van der Waals surface area contributed by atoms with Gasteiger partial charge in [0.25, 0.3) is 0 Å². The number of hydrogen-bond donors (Lipinski definition) is 6. The first kappa shape index (κ1) is 47.7. The molecule has 2 aliphatic heterocycles. The number of amides is 1. The smallest absolute Gasteiger partial charge is 0.303 e. The number of hydrogen-bond acceptors (Lipinski definition) is 7. The van der Waals surface area contributed by atoms with Gasteiger partial charge in [-0.1, -0.05) is 38.1 Å². The van der Waals surface area contributed by atoms with E-state index in [4.69, 9.17) is 5.11 Å². The van der Waals surface area contributed by atoms with E-state index in [1.54, 1.807) is 24.3 Å². The molecule has 356 valence electrons. The van der Waals surface area contributed by atoms with Gasteiger partial charge in [0.1, 0.15) is 11.6 Å². The number of benzene rings is 4. The van der Waals surface area contributed by atoms with Crippen LogP contribution in [0.2, 0.25) is 0 Å². The average Bonchev–Trinajstić information content (AvgIpc) is 3.67. The number of aromatic nitrogens is 2. The van der Waals surface area contributed by atoms with Crippen molar-refractivity contribution in [2.75, 3.05) is 48.1 Å². The van der Waals surface area contributed by atoms with Crippen LogP contribution in [0.3, 0.4) is 0 Å². The number of carbonyl (C=O) groups excluding carboxylic acids is 1. The van der Waals surface area contributed by atoms with Crippen molar-refractivity contribution >= 4 is 65.1 Å². The number of carboxylic acid groups (broad SMARTS) is 1. The molecule has 2 aromatic heterocycles. The van der Waals surface area contributed by atoms with Crippen LogP contribution in [0, 0.1) is 49.2 Å².